The molecule has 2 aromatic heterocycles. The number of para-hydroxylation sites is 1. The summed E-state index contributed by atoms with van der Waals surface area (Å²) in [5.41, 5.74) is 1.75. The minimum atomic E-state index is -2.00. The van der Waals surface area contributed by atoms with E-state index >= 15 is 0 Å². The van der Waals surface area contributed by atoms with Gasteiger partial charge >= 0.3 is 0 Å². The number of aliphatic hydroxyl groups is 1. The van der Waals surface area contributed by atoms with E-state index in [4.69, 9.17) is 4.43 Å². The van der Waals surface area contributed by atoms with Gasteiger partial charge in [0.05, 0.1) is 41.3 Å². The first-order valence-corrected chi connectivity index (χ1v) is 12.8. The third-order valence-corrected chi connectivity index (χ3v) is 10.6. The Balaban J connectivity index is 2.15. The number of hydrogen-bond donors (Lipinski definition) is 1. The number of hydrogen-bond acceptors (Lipinski definition) is 4. The molecule has 2 heterocycles. The average molecular weight is 400 g/mol. The molecule has 0 fully saturated rings. The molecule has 28 heavy (non-hydrogen) atoms. The first kappa shape index (κ1) is 21.0. The highest BCUT2D eigenvalue weighted by atomic mass is 28.4. The van der Waals surface area contributed by atoms with Gasteiger partial charge in [-0.1, -0.05) is 39.0 Å². The molecule has 0 saturated carbocycles. The summed E-state index contributed by atoms with van der Waals surface area (Å²) in [7, 11) is -2.00. The smallest absolute Gasteiger partial charge is 0.192 e. The molecule has 152 valence electrons. The number of fused-ring (bicyclic) bond motifs is 3. The molecule has 0 aliphatic rings. The molecular formula is C22H33N3O2Si. The molecule has 3 rings (SSSR count). The Morgan fingerprint density at radius 3 is 2.29 bits per heavy atom. The second-order valence-electron chi connectivity index (χ2n) is 9.84. The third-order valence-electron chi connectivity index (χ3n) is 6.06. The average Bonchev–Trinajstić information content (AvgIpc) is 2.96. The van der Waals surface area contributed by atoms with Gasteiger partial charge in [0, 0.05) is 5.39 Å². The molecule has 3 aromatic rings. The molecule has 0 spiro atoms. The highest BCUT2D eigenvalue weighted by Crippen LogP contribution is 2.41. The van der Waals surface area contributed by atoms with Crippen LogP contribution in [-0.2, 0) is 4.43 Å². The summed E-state index contributed by atoms with van der Waals surface area (Å²) in [4.78, 5) is 9.09. The maximum atomic E-state index is 11.1. The van der Waals surface area contributed by atoms with Crippen LogP contribution in [0.4, 0.5) is 0 Å². The molecule has 5 nitrogen and oxygen atoms in total. The van der Waals surface area contributed by atoms with Crippen molar-refractivity contribution in [2.75, 3.05) is 0 Å². The van der Waals surface area contributed by atoms with Crippen LogP contribution in [0.2, 0.25) is 18.1 Å². The first-order chi connectivity index (χ1) is 12.8. The fourth-order valence-corrected chi connectivity index (χ4v) is 5.13. The van der Waals surface area contributed by atoms with E-state index in [2.05, 4.69) is 61.4 Å². The molecule has 6 heteroatoms. The number of rotatable bonds is 5. The molecular weight excluding hydrogens is 366 g/mol. The normalized spacial score (nSPS) is 15.9. The van der Waals surface area contributed by atoms with E-state index in [1.54, 1.807) is 6.20 Å². The second-order valence-corrected chi connectivity index (χ2v) is 14.6. The van der Waals surface area contributed by atoms with E-state index < -0.39 is 13.9 Å². The van der Waals surface area contributed by atoms with Gasteiger partial charge < -0.3 is 14.1 Å². The second kappa shape index (κ2) is 6.93. The Morgan fingerprint density at radius 1 is 1.04 bits per heavy atom. The minimum Gasteiger partial charge on any atom is -0.412 e. The van der Waals surface area contributed by atoms with Crippen LogP contribution in [0.5, 0.6) is 0 Å². The SMILES string of the molecule is CC(O[Si](C)(C)C(C)(C)C)C(n1cnc2cnc3ccccc3c21)C(C)(C)O. The maximum Gasteiger partial charge on any atom is 0.192 e. The van der Waals surface area contributed by atoms with Crippen molar-refractivity contribution in [1.82, 2.24) is 14.5 Å². The van der Waals surface area contributed by atoms with E-state index in [1.807, 2.05) is 38.4 Å². The van der Waals surface area contributed by atoms with E-state index in [0.29, 0.717) is 0 Å². The topological polar surface area (TPSA) is 60.2 Å². The van der Waals surface area contributed by atoms with Crippen LogP contribution >= 0.6 is 0 Å². The van der Waals surface area contributed by atoms with Gasteiger partial charge in [-0.2, -0.15) is 0 Å². The van der Waals surface area contributed by atoms with Gasteiger partial charge in [-0.3, -0.25) is 4.98 Å². The Hall–Kier alpha value is -1.76. The highest BCUT2D eigenvalue weighted by molar-refractivity contribution is 6.74. The predicted octanol–water partition coefficient (Wildman–Crippen LogP) is 5.31. The van der Waals surface area contributed by atoms with E-state index in [1.165, 1.54) is 0 Å². The molecule has 0 bridgehead atoms. The molecule has 0 saturated heterocycles. The summed E-state index contributed by atoms with van der Waals surface area (Å²) in [6.07, 6.45) is 3.44. The quantitative estimate of drug-likeness (QED) is 0.591. The summed E-state index contributed by atoms with van der Waals surface area (Å²) in [5.74, 6) is 0. The van der Waals surface area contributed by atoms with Gasteiger partial charge in [-0.25, -0.2) is 4.98 Å². The van der Waals surface area contributed by atoms with Crippen LogP contribution in [0.1, 0.15) is 47.6 Å². The van der Waals surface area contributed by atoms with Gasteiger partial charge in [-0.15, -0.1) is 0 Å². The van der Waals surface area contributed by atoms with Gasteiger partial charge in [0.25, 0.3) is 0 Å². The van der Waals surface area contributed by atoms with Gasteiger partial charge in [0.1, 0.15) is 5.52 Å². The fourth-order valence-electron chi connectivity index (χ4n) is 3.72. The lowest BCUT2D eigenvalue weighted by atomic mass is 9.94. The lowest BCUT2D eigenvalue weighted by Crippen LogP contribution is -2.49. The largest absolute Gasteiger partial charge is 0.412 e. The zero-order valence-corrected chi connectivity index (χ0v) is 19.3. The van der Waals surface area contributed by atoms with Crippen molar-refractivity contribution in [3.05, 3.63) is 36.8 Å². The Bertz CT molecular complexity index is 983. The number of benzene rings is 1. The summed E-state index contributed by atoms with van der Waals surface area (Å²) in [6, 6.07) is 7.77. The van der Waals surface area contributed by atoms with Crippen LogP contribution in [0, 0.1) is 0 Å². The zero-order valence-electron chi connectivity index (χ0n) is 18.3. The molecule has 1 aromatic carbocycles. The molecule has 0 aliphatic carbocycles. The Labute approximate surface area is 168 Å². The van der Waals surface area contributed by atoms with E-state index in [-0.39, 0.29) is 17.2 Å². The number of nitrogens with zero attached hydrogens (tertiary/aromatic N) is 3. The van der Waals surface area contributed by atoms with Crippen LogP contribution in [-0.4, -0.2) is 39.7 Å². The van der Waals surface area contributed by atoms with E-state index in [9.17, 15) is 5.11 Å². The fraction of sp³-hybridized carbons (Fsp3) is 0.545. The van der Waals surface area contributed by atoms with Crippen molar-refractivity contribution >= 4 is 30.3 Å². The van der Waals surface area contributed by atoms with Crippen LogP contribution in [0.15, 0.2) is 36.8 Å². The van der Waals surface area contributed by atoms with Crippen molar-refractivity contribution < 1.29 is 9.53 Å². The Morgan fingerprint density at radius 2 is 1.68 bits per heavy atom. The number of imidazole rings is 1. The van der Waals surface area contributed by atoms with E-state index in [0.717, 1.165) is 21.9 Å². The molecule has 2 atom stereocenters. The summed E-state index contributed by atoms with van der Waals surface area (Å²) < 4.78 is 8.77. The summed E-state index contributed by atoms with van der Waals surface area (Å²) in [6.45, 7) is 17.0. The molecule has 2 unspecified atom stereocenters. The highest BCUT2D eigenvalue weighted by Gasteiger charge is 2.43. The van der Waals surface area contributed by atoms with Gasteiger partial charge in [0.2, 0.25) is 0 Å². The van der Waals surface area contributed by atoms with Crippen molar-refractivity contribution in [2.24, 2.45) is 0 Å². The summed E-state index contributed by atoms with van der Waals surface area (Å²) in [5, 5.41) is 12.3. The lowest BCUT2D eigenvalue weighted by Gasteiger charge is -2.43. The van der Waals surface area contributed by atoms with Gasteiger partial charge in [-0.05, 0) is 45.0 Å². The standard InChI is InChI=1S/C22H33N3O2Si/c1-15(27-28(7,8)21(2,3)4)20(22(5,6)26)25-14-24-18-13-23-17-12-10-9-11-16(17)19(18)25/h9-15,20,26H,1-8H3. The lowest BCUT2D eigenvalue weighted by molar-refractivity contribution is -0.0261. The zero-order chi connectivity index (χ0) is 20.9. The molecule has 1 N–H and O–H groups in total. The van der Waals surface area contributed by atoms with Crippen LogP contribution in [0.25, 0.3) is 21.9 Å². The molecule has 0 radical (unpaired) electrons. The molecule has 0 amide bonds. The van der Waals surface area contributed by atoms with Crippen molar-refractivity contribution in [2.45, 2.75) is 77.4 Å². The first-order valence-electron chi connectivity index (χ1n) is 9.93. The number of pyridine rings is 1. The van der Waals surface area contributed by atoms with Crippen molar-refractivity contribution in [1.29, 1.82) is 0 Å². The van der Waals surface area contributed by atoms with Crippen LogP contribution in [0.3, 0.4) is 0 Å². The minimum absolute atomic E-state index is 0.0963. The Kier molecular flexibility index (Phi) is 5.19. The maximum absolute atomic E-state index is 11.1. The predicted molar refractivity (Wildman–Crippen MR) is 118 cm³/mol. The van der Waals surface area contributed by atoms with Crippen molar-refractivity contribution in [3.8, 4) is 0 Å². The monoisotopic (exact) mass is 399 g/mol. The number of aromatic nitrogens is 3. The van der Waals surface area contributed by atoms with Crippen molar-refractivity contribution in [3.63, 3.8) is 0 Å². The van der Waals surface area contributed by atoms with Crippen LogP contribution < -0.4 is 0 Å². The molecule has 0 aliphatic heterocycles. The summed E-state index contributed by atoms with van der Waals surface area (Å²) >= 11 is 0. The third kappa shape index (κ3) is 3.73. The van der Waals surface area contributed by atoms with Gasteiger partial charge in [0.15, 0.2) is 8.32 Å².